The third kappa shape index (κ3) is 23.4. The number of hydrogen-bond acceptors (Lipinski definition) is 3. The number of hydrogen-bond donors (Lipinski definition) is 3. The smallest absolute Gasteiger partial charge is 0.326 e. The summed E-state index contributed by atoms with van der Waals surface area (Å²) in [5, 5.41) is 11.4. The Balaban J connectivity index is 3.31. The lowest BCUT2D eigenvalue weighted by molar-refractivity contribution is -0.143. The third-order valence-electron chi connectivity index (χ3n) is 6.30. The molecule has 4 N–H and O–H groups in total. The minimum absolute atomic E-state index is 0.293. The van der Waals surface area contributed by atoms with Crippen LogP contribution in [0.2, 0.25) is 0 Å². The minimum atomic E-state index is -1.23. The molecular formula is C27H52N2O4. The summed E-state index contributed by atoms with van der Waals surface area (Å²) in [4.78, 5) is 33.7. The molecule has 0 aromatic rings. The summed E-state index contributed by atoms with van der Waals surface area (Å²) < 4.78 is 0. The Morgan fingerprint density at radius 2 is 0.970 bits per heavy atom. The van der Waals surface area contributed by atoms with Crippen molar-refractivity contribution >= 4 is 17.8 Å². The zero-order valence-corrected chi connectivity index (χ0v) is 21.4. The standard InChI is InChI=1S/C27H52N2O4/c1-2-3-4-5-6-7-8-9-10-11-12-13-14-15-16-17-18-19-20-21-22-26(31)29-24(27(32)33)23-25(28)30/h24H,2-23H2,1H3,(H2,28,30)(H,29,31)(H,32,33)/t24-/m0/s1. The Morgan fingerprint density at radius 3 is 1.27 bits per heavy atom. The van der Waals surface area contributed by atoms with E-state index in [1.54, 1.807) is 0 Å². The van der Waals surface area contributed by atoms with E-state index in [2.05, 4.69) is 12.2 Å². The van der Waals surface area contributed by atoms with Crippen molar-refractivity contribution in [1.29, 1.82) is 0 Å². The van der Waals surface area contributed by atoms with Gasteiger partial charge in [-0.2, -0.15) is 0 Å². The summed E-state index contributed by atoms with van der Waals surface area (Å²) in [6.07, 6.45) is 26.0. The predicted molar refractivity (Wildman–Crippen MR) is 136 cm³/mol. The Kier molecular flexibility index (Phi) is 22.4. The molecule has 0 spiro atoms. The van der Waals surface area contributed by atoms with Crippen LogP contribution in [0.3, 0.4) is 0 Å². The van der Waals surface area contributed by atoms with Crippen LogP contribution >= 0.6 is 0 Å². The van der Waals surface area contributed by atoms with Gasteiger partial charge >= 0.3 is 5.97 Å². The van der Waals surface area contributed by atoms with Crippen LogP contribution in [0, 0.1) is 0 Å². The maximum absolute atomic E-state index is 11.8. The zero-order valence-electron chi connectivity index (χ0n) is 21.4. The van der Waals surface area contributed by atoms with Gasteiger partial charge < -0.3 is 16.2 Å². The maximum Gasteiger partial charge on any atom is 0.326 e. The lowest BCUT2D eigenvalue weighted by atomic mass is 10.0. The van der Waals surface area contributed by atoms with Crippen molar-refractivity contribution in [2.24, 2.45) is 5.73 Å². The van der Waals surface area contributed by atoms with Crippen LogP contribution in [0.15, 0.2) is 0 Å². The van der Waals surface area contributed by atoms with Gasteiger partial charge in [0.15, 0.2) is 0 Å². The van der Waals surface area contributed by atoms with E-state index >= 15 is 0 Å². The molecule has 0 rings (SSSR count). The SMILES string of the molecule is CCCCCCCCCCCCCCCCCCCCCCC(=O)N[C@@H](CC(N)=O)C(=O)O. The molecule has 0 aromatic carbocycles. The second kappa shape index (κ2) is 23.6. The second-order valence-corrected chi connectivity index (χ2v) is 9.60. The molecule has 0 radical (unpaired) electrons. The van der Waals surface area contributed by atoms with Gasteiger partial charge in [-0.3, -0.25) is 9.59 Å². The molecule has 0 saturated heterocycles. The summed E-state index contributed by atoms with van der Waals surface area (Å²) in [5.41, 5.74) is 5.01. The Hall–Kier alpha value is -1.59. The van der Waals surface area contributed by atoms with Crippen LogP contribution in [0.1, 0.15) is 148 Å². The van der Waals surface area contributed by atoms with Gasteiger partial charge in [0, 0.05) is 6.42 Å². The molecule has 0 aromatic heterocycles. The molecule has 2 amide bonds. The van der Waals surface area contributed by atoms with E-state index in [0.717, 1.165) is 19.3 Å². The van der Waals surface area contributed by atoms with Crippen LogP contribution in [0.4, 0.5) is 0 Å². The van der Waals surface area contributed by atoms with Crippen molar-refractivity contribution in [2.75, 3.05) is 0 Å². The van der Waals surface area contributed by atoms with Gasteiger partial charge in [0.05, 0.1) is 6.42 Å². The first-order valence-corrected chi connectivity index (χ1v) is 13.8. The molecule has 0 fully saturated rings. The molecule has 0 aliphatic carbocycles. The fraction of sp³-hybridized carbons (Fsp3) is 0.889. The second-order valence-electron chi connectivity index (χ2n) is 9.60. The molecule has 0 unspecified atom stereocenters. The lowest BCUT2D eigenvalue weighted by Crippen LogP contribution is -2.43. The summed E-state index contributed by atoms with van der Waals surface area (Å²) in [6.45, 7) is 2.27. The number of unbranched alkanes of at least 4 members (excludes halogenated alkanes) is 19. The Labute approximate surface area is 202 Å². The van der Waals surface area contributed by atoms with Gasteiger partial charge in [0.25, 0.3) is 0 Å². The lowest BCUT2D eigenvalue weighted by Gasteiger charge is -2.12. The number of aliphatic carboxylic acids is 1. The maximum atomic E-state index is 11.8. The number of carbonyl (C=O) groups is 3. The van der Waals surface area contributed by atoms with Gasteiger partial charge in [-0.05, 0) is 6.42 Å². The van der Waals surface area contributed by atoms with Gasteiger partial charge in [-0.15, -0.1) is 0 Å². The van der Waals surface area contributed by atoms with Gasteiger partial charge in [0.1, 0.15) is 6.04 Å². The van der Waals surface area contributed by atoms with Crippen LogP contribution in [-0.4, -0.2) is 28.9 Å². The molecule has 33 heavy (non-hydrogen) atoms. The van der Waals surface area contributed by atoms with E-state index in [4.69, 9.17) is 10.8 Å². The predicted octanol–water partition coefficient (Wildman–Crippen LogP) is 6.64. The molecular weight excluding hydrogens is 416 g/mol. The number of nitrogens with two attached hydrogens (primary N) is 1. The molecule has 194 valence electrons. The van der Waals surface area contributed by atoms with E-state index in [9.17, 15) is 14.4 Å². The largest absolute Gasteiger partial charge is 0.480 e. The van der Waals surface area contributed by atoms with Gasteiger partial charge in [-0.25, -0.2) is 4.79 Å². The number of rotatable bonds is 25. The molecule has 0 aliphatic rings. The molecule has 0 aliphatic heterocycles. The van der Waals surface area contributed by atoms with E-state index in [1.807, 2.05) is 0 Å². The van der Waals surface area contributed by atoms with E-state index < -0.39 is 17.9 Å². The van der Waals surface area contributed by atoms with Crippen molar-refractivity contribution in [2.45, 2.75) is 154 Å². The Bertz CT molecular complexity index is 497. The summed E-state index contributed by atoms with van der Waals surface area (Å²) >= 11 is 0. The van der Waals surface area contributed by atoms with Crippen molar-refractivity contribution in [3.8, 4) is 0 Å². The molecule has 1 atom stereocenters. The van der Waals surface area contributed by atoms with Crippen LogP contribution in [-0.2, 0) is 14.4 Å². The van der Waals surface area contributed by atoms with Crippen LogP contribution in [0.25, 0.3) is 0 Å². The van der Waals surface area contributed by atoms with Crippen molar-refractivity contribution < 1.29 is 19.5 Å². The summed E-state index contributed by atoms with van der Waals surface area (Å²) in [5.74, 6) is -2.29. The summed E-state index contributed by atoms with van der Waals surface area (Å²) in [7, 11) is 0. The van der Waals surface area contributed by atoms with Crippen molar-refractivity contribution in [3.05, 3.63) is 0 Å². The number of carboxylic acid groups (broad SMARTS) is 1. The molecule has 0 heterocycles. The number of carboxylic acids is 1. The topological polar surface area (TPSA) is 109 Å². The van der Waals surface area contributed by atoms with Gasteiger partial charge in [0.2, 0.25) is 11.8 Å². The molecule has 6 heteroatoms. The number of carbonyl (C=O) groups excluding carboxylic acids is 2. The average Bonchev–Trinajstić information content (AvgIpc) is 2.77. The van der Waals surface area contributed by atoms with E-state index in [1.165, 1.54) is 109 Å². The first-order valence-electron chi connectivity index (χ1n) is 13.8. The van der Waals surface area contributed by atoms with E-state index in [0.29, 0.717) is 6.42 Å². The highest BCUT2D eigenvalue weighted by Gasteiger charge is 2.21. The average molecular weight is 469 g/mol. The fourth-order valence-corrected chi connectivity index (χ4v) is 4.21. The summed E-state index contributed by atoms with van der Waals surface area (Å²) in [6, 6.07) is -1.22. The first kappa shape index (κ1) is 31.4. The highest BCUT2D eigenvalue weighted by Crippen LogP contribution is 2.15. The van der Waals surface area contributed by atoms with Crippen LogP contribution in [0.5, 0.6) is 0 Å². The first-order chi connectivity index (χ1) is 16.0. The van der Waals surface area contributed by atoms with Crippen molar-refractivity contribution in [3.63, 3.8) is 0 Å². The number of nitrogens with one attached hydrogen (secondary N) is 1. The highest BCUT2D eigenvalue weighted by molar-refractivity contribution is 5.88. The minimum Gasteiger partial charge on any atom is -0.480 e. The van der Waals surface area contributed by atoms with E-state index in [-0.39, 0.29) is 12.3 Å². The van der Waals surface area contributed by atoms with Gasteiger partial charge in [-0.1, -0.05) is 129 Å². The number of amides is 2. The monoisotopic (exact) mass is 468 g/mol. The third-order valence-corrected chi connectivity index (χ3v) is 6.30. The molecule has 0 saturated carbocycles. The highest BCUT2D eigenvalue weighted by atomic mass is 16.4. The normalized spacial score (nSPS) is 11.9. The quantitative estimate of drug-likeness (QED) is 0.130. The fourth-order valence-electron chi connectivity index (χ4n) is 4.21. The Morgan fingerprint density at radius 1 is 0.636 bits per heavy atom. The van der Waals surface area contributed by atoms with Crippen LogP contribution < -0.4 is 11.1 Å². The molecule has 6 nitrogen and oxygen atoms in total. The molecule has 0 bridgehead atoms. The zero-order chi connectivity index (χ0) is 24.6. The van der Waals surface area contributed by atoms with Crippen molar-refractivity contribution in [1.82, 2.24) is 5.32 Å². The number of primary amides is 1.